The van der Waals surface area contributed by atoms with Crippen LogP contribution in [0.1, 0.15) is 27.2 Å². The molecule has 4 unspecified atom stereocenters. The molecule has 158 valence electrons. The van der Waals surface area contributed by atoms with Crippen LogP contribution >= 0.6 is 11.6 Å². The Hall–Kier alpha value is -1.83. The number of anilines is 1. The van der Waals surface area contributed by atoms with Crippen molar-refractivity contribution in [3.05, 3.63) is 29.3 Å². The summed E-state index contributed by atoms with van der Waals surface area (Å²) < 4.78 is 0. The van der Waals surface area contributed by atoms with Crippen molar-refractivity contribution in [2.75, 3.05) is 31.6 Å². The zero-order valence-electron chi connectivity index (χ0n) is 17.5. The van der Waals surface area contributed by atoms with Crippen LogP contribution in [-0.2, 0) is 4.79 Å². The van der Waals surface area contributed by atoms with E-state index in [9.17, 15) is 9.59 Å². The van der Waals surface area contributed by atoms with Gasteiger partial charge in [-0.25, -0.2) is 4.79 Å². The van der Waals surface area contributed by atoms with Crippen LogP contribution in [0.5, 0.6) is 0 Å². The lowest BCUT2D eigenvalue weighted by molar-refractivity contribution is -0.139. The van der Waals surface area contributed by atoms with E-state index < -0.39 is 0 Å². The third-order valence-corrected chi connectivity index (χ3v) is 6.43. The van der Waals surface area contributed by atoms with E-state index in [1.807, 2.05) is 24.3 Å². The zero-order chi connectivity index (χ0) is 20.9. The van der Waals surface area contributed by atoms with Gasteiger partial charge in [-0.3, -0.25) is 19.9 Å². The highest BCUT2D eigenvalue weighted by atomic mass is 35.5. The predicted molar refractivity (Wildman–Crippen MR) is 113 cm³/mol. The highest BCUT2D eigenvalue weighted by Crippen LogP contribution is 2.34. The maximum atomic E-state index is 13.4. The molecule has 3 aliphatic rings. The molecular weight excluding hydrogens is 390 g/mol. The van der Waals surface area contributed by atoms with Crippen molar-refractivity contribution < 1.29 is 9.59 Å². The van der Waals surface area contributed by atoms with E-state index in [0.29, 0.717) is 23.4 Å². The number of benzene rings is 1. The highest BCUT2D eigenvalue weighted by molar-refractivity contribution is 6.30. The third-order valence-electron chi connectivity index (χ3n) is 6.17. The number of amides is 3. The van der Waals surface area contributed by atoms with Crippen LogP contribution in [0.4, 0.5) is 10.5 Å². The monoisotopic (exact) mass is 419 g/mol. The van der Waals surface area contributed by atoms with Crippen LogP contribution in [-0.4, -0.2) is 71.8 Å². The molecule has 4 atom stereocenters. The van der Waals surface area contributed by atoms with Gasteiger partial charge in [-0.2, -0.15) is 0 Å². The van der Waals surface area contributed by atoms with Crippen LogP contribution in [0.15, 0.2) is 24.3 Å². The normalized spacial score (nSPS) is 30.2. The summed E-state index contributed by atoms with van der Waals surface area (Å²) in [5, 5.41) is 4.25. The van der Waals surface area contributed by atoms with Crippen LogP contribution in [0, 0.1) is 11.8 Å². The number of hydrogen-bond acceptors (Lipinski definition) is 5. The second kappa shape index (κ2) is 7.78. The van der Waals surface area contributed by atoms with Gasteiger partial charge >= 0.3 is 6.03 Å². The third kappa shape index (κ3) is 3.60. The van der Waals surface area contributed by atoms with Crippen molar-refractivity contribution in [1.82, 2.24) is 20.0 Å². The molecule has 4 rings (SSSR count). The quantitative estimate of drug-likeness (QED) is 0.812. The molecule has 1 aromatic rings. The minimum absolute atomic E-state index is 0.0843. The Morgan fingerprint density at radius 1 is 1.17 bits per heavy atom. The Morgan fingerprint density at radius 2 is 1.86 bits per heavy atom. The van der Waals surface area contributed by atoms with E-state index in [-0.39, 0.29) is 30.4 Å². The number of carbonyl (C=O) groups is 2. The van der Waals surface area contributed by atoms with Crippen LogP contribution < -0.4 is 10.2 Å². The fourth-order valence-corrected chi connectivity index (χ4v) is 4.77. The van der Waals surface area contributed by atoms with E-state index in [1.165, 1.54) is 4.90 Å². The lowest BCUT2D eigenvalue weighted by Crippen LogP contribution is -2.66. The molecule has 1 N–H and O–H groups in total. The second-order valence-corrected chi connectivity index (χ2v) is 9.36. The van der Waals surface area contributed by atoms with Crippen molar-refractivity contribution in [1.29, 1.82) is 0 Å². The van der Waals surface area contributed by atoms with Crippen LogP contribution in [0.3, 0.4) is 0 Å². The highest BCUT2D eigenvalue weighted by Gasteiger charge is 2.56. The second-order valence-electron chi connectivity index (χ2n) is 8.93. The Balaban J connectivity index is 1.63. The number of nitrogens with one attached hydrogen (secondary N) is 1. The number of imide groups is 1. The van der Waals surface area contributed by atoms with Gasteiger partial charge in [0.25, 0.3) is 5.91 Å². The number of hydrogen-bond donors (Lipinski definition) is 1. The van der Waals surface area contributed by atoms with E-state index in [2.05, 4.69) is 35.9 Å². The maximum Gasteiger partial charge on any atom is 0.327 e. The summed E-state index contributed by atoms with van der Waals surface area (Å²) in [4.78, 5) is 33.9. The topological polar surface area (TPSA) is 59.1 Å². The molecule has 3 fully saturated rings. The lowest BCUT2D eigenvalue weighted by Gasteiger charge is -2.46. The number of fused-ring (bicyclic) bond motifs is 3. The number of nitrogens with zero attached hydrogens (tertiary/aromatic N) is 4. The molecule has 3 heterocycles. The van der Waals surface area contributed by atoms with Gasteiger partial charge in [0.1, 0.15) is 18.5 Å². The molecule has 8 heteroatoms. The molecule has 7 nitrogen and oxygen atoms in total. The van der Waals surface area contributed by atoms with Gasteiger partial charge in [0, 0.05) is 37.4 Å². The molecule has 0 spiro atoms. The van der Waals surface area contributed by atoms with Crippen molar-refractivity contribution in [3.63, 3.8) is 0 Å². The molecule has 3 amide bonds. The minimum atomic E-state index is -0.368. The molecule has 1 aromatic carbocycles. The number of halogens is 1. The summed E-state index contributed by atoms with van der Waals surface area (Å²) in [7, 11) is 1.79. The summed E-state index contributed by atoms with van der Waals surface area (Å²) in [6.45, 7) is 8.57. The molecule has 0 saturated carbocycles. The minimum Gasteiger partial charge on any atom is -0.343 e. The molecule has 3 aliphatic heterocycles. The van der Waals surface area contributed by atoms with Gasteiger partial charge in [-0.15, -0.1) is 0 Å². The standard InChI is InChI=1S/C21H30ClN5O2/c1-13(2)9-10-25-19(28)17-18(24(4)21(25)29)23-20-26(11-14(3)12-27(17)20)16-7-5-15(22)6-8-16/h5-8,13-14,17-18,20,23H,9-12H2,1-4H3. The van der Waals surface area contributed by atoms with Gasteiger partial charge in [0.05, 0.1) is 0 Å². The first-order valence-corrected chi connectivity index (χ1v) is 10.8. The number of urea groups is 1. The zero-order valence-corrected chi connectivity index (χ0v) is 18.3. The van der Waals surface area contributed by atoms with E-state index in [1.54, 1.807) is 11.9 Å². The molecule has 0 aromatic heterocycles. The van der Waals surface area contributed by atoms with Gasteiger partial charge in [0.2, 0.25) is 0 Å². The number of carbonyl (C=O) groups excluding carboxylic acids is 2. The lowest BCUT2D eigenvalue weighted by atomic mass is 10.0. The van der Waals surface area contributed by atoms with E-state index >= 15 is 0 Å². The first kappa shape index (κ1) is 20.4. The largest absolute Gasteiger partial charge is 0.343 e. The fourth-order valence-electron chi connectivity index (χ4n) is 4.64. The summed E-state index contributed by atoms with van der Waals surface area (Å²) in [5.74, 6) is 0.740. The number of likely N-dealkylation sites (N-methyl/N-ethyl adjacent to an activating group) is 1. The smallest absolute Gasteiger partial charge is 0.327 e. The molecule has 0 radical (unpaired) electrons. The SMILES string of the molecule is CC(C)CCN1C(=O)C2C(NC3N(c4ccc(Cl)cc4)CC(C)CN23)N(C)C1=O. The fraction of sp³-hybridized carbons (Fsp3) is 0.619. The van der Waals surface area contributed by atoms with E-state index in [0.717, 1.165) is 25.2 Å². The molecule has 0 aliphatic carbocycles. The van der Waals surface area contributed by atoms with E-state index in [4.69, 9.17) is 11.6 Å². The van der Waals surface area contributed by atoms with Gasteiger partial charge in [-0.05, 0) is 42.5 Å². The number of rotatable bonds is 4. The van der Waals surface area contributed by atoms with Crippen molar-refractivity contribution in [3.8, 4) is 0 Å². The van der Waals surface area contributed by atoms with Gasteiger partial charge in [-0.1, -0.05) is 32.4 Å². The summed E-state index contributed by atoms with van der Waals surface area (Å²) in [6, 6.07) is 7.21. The Kier molecular flexibility index (Phi) is 5.48. The first-order chi connectivity index (χ1) is 13.8. The Morgan fingerprint density at radius 3 is 2.52 bits per heavy atom. The van der Waals surface area contributed by atoms with Crippen molar-refractivity contribution in [2.45, 2.75) is 45.7 Å². The van der Waals surface area contributed by atoms with Gasteiger partial charge in [0.15, 0.2) is 0 Å². The summed E-state index contributed by atoms with van der Waals surface area (Å²) in [6.07, 6.45) is 0.356. The maximum absolute atomic E-state index is 13.4. The first-order valence-electron chi connectivity index (χ1n) is 10.4. The Labute approximate surface area is 177 Å². The van der Waals surface area contributed by atoms with Crippen molar-refractivity contribution in [2.24, 2.45) is 11.8 Å². The average Bonchev–Trinajstić information content (AvgIpc) is 3.05. The summed E-state index contributed by atoms with van der Waals surface area (Å²) in [5.41, 5.74) is 1.06. The molecule has 0 bridgehead atoms. The predicted octanol–water partition coefficient (Wildman–Crippen LogP) is 2.62. The van der Waals surface area contributed by atoms with Crippen LogP contribution in [0.2, 0.25) is 5.02 Å². The van der Waals surface area contributed by atoms with Crippen LogP contribution in [0.25, 0.3) is 0 Å². The average molecular weight is 420 g/mol. The molecule has 29 heavy (non-hydrogen) atoms. The Bertz CT molecular complexity index is 786. The van der Waals surface area contributed by atoms with Gasteiger partial charge < -0.3 is 9.80 Å². The summed E-state index contributed by atoms with van der Waals surface area (Å²) >= 11 is 6.07. The molecule has 3 saturated heterocycles. The van der Waals surface area contributed by atoms with Crippen molar-refractivity contribution >= 4 is 29.2 Å². The molecular formula is C21H30ClN5O2.